The normalized spacial score (nSPS) is 16.4. The fourth-order valence-corrected chi connectivity index (χ4v) is 2.70. The summed E-state index contributed by atoms with van der Waals surface area (Å²) in [5.41, 5.74) is 6.22. The van der Waals surface area contributed by atoms with E-state index in [1.807, 2.05) is 12.1 Å². The van der Waals surface area contributed by atoms with Crippen molar-refractivity contribution >= 4 is 17.1 Å². The minimum absolute atomic E-state index is 0.378. The zero-order valence-corrected chi connectivity index (χ0v) is 11.7. The SMILES string of the molecule is NC(=O)n1c(=O)n(CCN2CCOCC2)c2ccccc21. The third kappa shape index (κ3) is 2.57. The Morgan fingerprint density at radius 1 is 1.14 bits per heavy atom. The van der Waals surface area contributed by atoms with Crippen LogP contribution in [0.1, 0.15) is 0 Å². The smallest absolute Gasteiger partial charge is 0.337 e. The molecule has 2 aromatic rings. The standard InChI is InChI=1S/C14H18N4O3/c15-13(19)18-12-4-2-1-3-11(12)17(14(18)20)6-5-16-7-9-21-10-8-16/h1-4H,5-10H2,(H2,15,19). The number of hydrogen-bond donors (Lipinski definition) is 1. The summed E-state index contributed by atoms with van der Waals surface area (Å²) in [6.07, 6.45) is 0. The summed E-state index contributed by atoms with van der Waals surface area (Å²) < 4.78 is 7.93. The molecule has 7 heteroatoms. The van der Waals surface area contributed by atoms with Crippen LogP contribution in [0.2, 0.25) is 0 Å². The van der Waals surface area contributed by atoms with Crippen LogP contribution in [0.5, 0.6) is 0 Å². The summed E-state index contributed by atoms with van der Waals surface area (Å²) in [6.45, 7) is 4.44. The number of amides is 1. The molecule has 7 nitrogen and oxygen atoms in total. The van der Waals surface area contributed by atoms with Gasteiger partial charge in [0, 0.05) is 26.2 Å². The van der Waals surface area contributed by atoms with Gasteiger partial charge in [0.1, 0.15) is 0 Å². The van der Waals surface area contributed by atoms with Crippen LogP contribution < -0.4 is 11.4 Å². The third-order valence-corrected chi connectivity index (χ3v) is 3.80. The second-order valence-electron chi connectivity index (χ2n) is 5.05. The Morgan fingerprint density at radius 3 is 2.48 bits per heavy atom. The molecule has 1 saturated heterocycles. The third-order valence-electron chi connectivity index (χ3n) is 3.80. The Hall–Kier alpha value is -2.12. The van der Waals surface area contributed by atoms with E-state index in [1.54, 1.807) is 16.7 Å². The number of para-hydroxylation sites is 2. The molecule has 1 aliphatic rings. The molecule has 0 bridgehead atoms. The monoisotopic (exact) mass is 290 g/mol. The van der Waals surface area contributed by atoms with Gasteiger partial charge in [-0.2, -0.15) is 0 Å². The lowest BCUT2D eigenvalue weighted by Gasteiger charge is -2.26. The van der Waals surface area contributed by atoms with Crippen LogP contribution in [0.4, 0.5) is 4.79 Å². The van der Waals surface area contributed by atoms with Crippen molar-refractivity contribution in [1.82, 2.24) is 14.0 Å². The molecule has 0 spiro atoms. The lowest BCUT2D eigenvalue weighted by molar-refractivity contribution is 0.0364. The zero-order valence-electron chi connectivity index (χ0n) is 11.7. The molecule has 2 heterocycles. The maximum absolute atomic E-state index is 12.4. The van der Waals surface area contributed by atoms with E-state index < -0.39 is 6.03 Å². The van der Waals surface area contributed by atoms with Gasteiger partial charge in [-0.15, -0.1) is 0 Å². The maximum Gasteiger partial charge on any atom is 0.337 e. The molecular formula is C14H18N4O3. The van der Waals surface area contributed by atoms with Crippen LogP contribution in [-0.2, 0) is 11.3 Å². The summed E-state index contributed by atoms with van der Waals surface area (Å²) in [7, 11) is 0. The number of imidazole rings is 1. The Kier molecular flexibility index (Phi) is 3.76. The van der Waals surface area contributed by atoms with Gasteiger partial charge < -0.3 is 10.5 Å². The van der Waals surface area contributed by atoms with Crippen LogP contribution in [0.15, 0.2) is 29.1 Å². The molecule has 112 valence electrons. The average molecular weight is 290 g/mol. The molecular weight excluding hydrogens is 272 g/mol. The Labute approximate surface area is 121 Å². The van der Waals surface area contributed by atoms with Gasteiger partial charge >= 0.3 is 11.7 Å². The summed E-state index contributed by atoms with van der Waals surface area (Å²) in [5.74, 6) is 0. The summed E-state index contributed by atoms with van der Waals surface area (Å²) in [6, 6.07) is 6.44. The van der Waals surface area contributed by atoms with Crippen LogP contribution in [0, 0.1) is 0 Å². The van der Waals surface area contributed by atoms with Crippen molar-refractivity contribution in [2.45, 2.75) is 6.54 Å². The molecule has 2 N–H and O–H groups in total. The van der Waals surface area contributed by atoms with Gasteiger partial charge in [-0.05, 0) is 12.1 Å². The molecule has 21 heavy (non-hydrogen) atoms. The number of nitrogens with zero attached hydrogens (tertiary/aromatic N) is 3. The minimum atomic E-state index is -0.749. The largest absolute Gasteiger partial charge is 0.379 e. The van der Waals surface area contributed by atoms with E-state index in [9.17, 15) is 9.59 Å². The van der Waals surface area contributed by atoms with Crippen LogP contribution >= 0.6 is 0 Å². The van der Waals surface area contributed by atoms with Gasteiger partial charge in [0.05, 0.1) is 24.2 Å². The van der Waals surface area contributed by atoms with Gasteiger partial charge in [-0.3, -0.25) is 9.47 Å². The van der Waals surface area contributed by atoms with Crippen molar-refractivity contribution in [2.75, 3.05) is 32.8 Å². The van der Waals surface area contributed by atoms with E-state index in [4.69, 9.17) is 10.5 Å². The van der Waals surface area contributed by atoms with Gasteiger partial charge in [0.2, 0.25) is 0 Å². The first kappa shape index (κ1) is 13.8. The predicted octanol–water partition coefficient (Wildman–Crippen LogP) is 0.0620. The first-order valence-electron chi connectivity index (χ1n) is 6.98. The average Bonchev–Trinajstić information content (AvgIpc) is 2.78. The van der Waals surface area contributed by atoms with E-state index in [0.29, 0.717) is 12.1 Å². The molecule has 1 aromatic carbocycles. The van der Waals surface area contributed by atoms with E-state index in [0.717, 1.165) is 42.9 Å². The first-order chi connectivity index (χ1) is 10.2. The lowest BCUT2D eigenvalue weighted by Crippen LogP contribution is -2.40. The van der Waals surface area contributed by atoms with E-state index in [-0.39, 0.29) is 5.69 Å². The molecule has 1 amide bonds. The Morgan fingerprint density at radius 2 is 1.81 bits per heavy atom. The molecule has 0 unspecified atom stereocenters. The van der Waals surface area contributed by atoms with Crippen molar-refractivity contribution in [3.8, 4) is 0 Å². The fourth-order valence-electron chi connectivity index (χ4n) is 2.70. The van der Waals surface area contributed by atoms with Gasteiger partial charge in [0.25, 0.3) is 0 Å². The van der Waals surface area contributed by atoms with E-state index in [1.165, 1.54) is 0 Å². The van der Waals surface area contributed by atoms with Crippen molar-refractivity contribution in [2.24, 2.45) is 5.73 Å². The van der Waals surface area contributed by atoms with Crippen LogP contribution in [0.25, 0.3) is 11.0 Å². The fraction of sp³-hybridized carbons (Fsp3) is 0.429. The lowest BCUT2D eigenvalue weighted by atomic mass is 10.3. The molecule has 3 rings (SSSR count). The van der Waals surface area contributed by atoms with Crippen molar-refractivity contribution in [1.29, 1.82) is 0 Å². The number of fused-ring (bicyclic) bond motifs is 1. The first-order valence-corrected chi connectivity index (χ1v) is 6.98. The van der Waals surface area contributed by atoms with Gasteiger partial charge in [-0.25, -0.2) is 14.2 Å². The Bertz CT molecular complexity index is 713. The molecule has 1 fully saturated rings. The highest BCUT2D eigenvalue weighted by Crippen LogP contribution is 2.12. The number of carbonyl (C=O) groups is 1. The highest BCUT2D eigenvalue weighted by Gasteiger charge is 2.17. The predicted molar refractivity (Wildman–Crippen MR) is 78.4 cm³/mol. The van der Waals surface area contributed by atoms with E-state index >= 15 is 0 Å². The van der Waals surface area contributed by atoms with Crippen molar-refractivity contribution in [3.05, 3.63) is 34.7 Å². The van der Waals surface area contributed by atoms with Crippen LogP contribution in [-0.4, -0.2) is 52.9 Å². The summed E-state index contributed by atoms with van der Waals surface area (Å²) >= 11 is 0. The number of morpholine rings is 1. The number of benzene rings is 1. The van der Waals surface area contributed by atoms with Gasteiger partial charge in [0.15, 0.2) is 0 Å². The molecule has 0 saturated carbocycles. The molecule has 0 atom stereocenters. The van der Waals surface area contributed by atoms with E-state index in [2.05, 4.69) is 4.90 Å². The maximum atomic E-state index is 12.4. The van der Waals surface area contributed by atoms with Gasteiger partial charge in [-0.1, -0.05) is 12.1 Å². The Balaban J connectivity index is 1.92. The number of hydrogen-bond acceptors (Lipinski definition) is 4. The van der Waals surface area contributed by atoms with Crippen molar-refractivity contribution < 1.29 is 9.53 Å². The van der Waals surface area contributed by atoms with Crippen molar-refractivity contribution in [3.63, 3.8) is 0 Å². The number of carbonyl (C=O) groups excluding carboxylic acids is 1. The second kappa shape index (κ2) is 5.71. The number of ether oxygens (including phenoxy) is 1. The second-order valence-corrected chi connectivity index (χ2v) is 5.05. The molecule has 0 aliphatic carbocycles. The quantitative estimate of drug-likeness (QED) is 0.866. The minimum Gasteiger partial charge on any atom is -0.379 e. The number of nitrogens with two attached hydrogens (primary N) is 1. The molecule has 1 aromatic heterocycles. The van der Waals surface area contributed by atoms with Crippen LogP contribution in [0.3, 0.4) is 0 Å². The molecule has 0 radical (unpaired) electrons. The number of primary amides is 1. The highest BCUT2D eigenvalue weighted by molar-refractivity contribution is 5.88. The summed E-state index contributed by atoms with van der Waals surface area (Å²) in [4.78, 5) is 26.1. The topological polar surface area (TPSA) is 82.5 Å². The zero-order chi connectivity index (χ0) is 14.8. The number of aromatic nitrogens is 2. The number of rotatable bonds is 3. The molecule has 1 aliphatic heterocycles. The summed E-state index contributed by atoms with van der Waals surface area (Å²) in [5, 5.41) is 0. The highest BCUT2D eigenvalue weighted by atomic mass is 16.5.